The molecule has 0 aromatic rings. The summed E-state index contributed by atoms with van der Waals surface area (Å²) in [4.78, 5) is 0. The average molecular weight is 401 g/mol. The molecule has 0 aliphatic carbocycles. The minimum absolute atomic E-state index is 1.02. The Bertz CT molecular complexity index is 222. The summed E-state index contributed by atoms with van der Waals surface area (Å²) in [5.74, 6) is 0. The first-order valence-corrected chi connectivity index (χ1v) is 17.5. The van der Waals surface area contributed by atoms with Gasteiger partial charge in [-0.15, -0.1) is 0 Å². The van der Waals surface area contributed by atoms with Gasteiger partial charge in [0.15, 0.2) is 0 Å². The molecule has 0 fully saturated rings. The summed E-state index contributed by atoms with van der Waals surface area (Å²) in [5.41, 5.74) is 0. The third kappa shape index (κ3) is 8.67. The zero-order chi connectivity index (χ0) is 16.0. The molecule has 1 atom stereocenters. The van der Waals surface area contributed by atoms with E-state index in [0.717, 1.165) is 3.93 Å². The Balaban J connectivity index is 5.18. The van der Waals surface area contributed by atoms with Crippen LogP contribution in [0, 0.1) is 0 Å². The third-order valence-electron chi connectivity index (χ3n) is 5.16. The van der Waals surface area contributed by atoms with Gasteiger partial charge in [0, 0.05) is 0 Å². The van der Waals surface area contributed by atoms with Crippen LogP contribution < -0.4 is 0 Å². The fraction of sp³-hybridized carbons (Fsp3) is 0.900. The number of unbranched alkanes of at least 4 members (excludes halogenated alkanes) is 4. The van der Waals surface area contributed by atoms with Crippen molar-refractivity contribution in [3.05, 3.63) is 12.2 Å². The van der Waals surface area contributed by atoms with E-state index in [1.807, 2.05) is 0 Å². The Morgan fingerprint density at radius 3 is 1.48 bits per heavy atom. The molecule has 0 aliphatic rings. The number of hydrogen-bond donors (Lipinski definition) is 0. The van der Waals surface area contributed by atoms with E-state index in [2.05, 4.69) is 46.8 Å². The molecule has 0 aliphatic heterocycles. The van der Waals surface area contributed by atoms with E-state index in [-0.39, 0.29) is 0 Å². The monoisotopic (exact) mass is 402 g/mol. The van der Waals surface area contributed by atoms with Crippen molar-refractivity contribution in [3.63, 3.8) is 0 Å². The average Bonchev–Trinajstić information content (AvgIpc) is 2.51. The standard InChI is InChI=1S/C8H15.3C4H9.Sn/c1-3-5-7-8-6-4-2;3*1-3-4-2;/h3,5,7H,4,6,8H2,1-2H3;3*1,3-4H2,2H3;/b5-3-;;;;. The molecule has 0 aromatic carbocycles. The zero-order valence-electron chi connectivity index (χ0n) is 15.7. The topological polar surface area (TPSA) is 0 Å². The second-order valence-electron chi connectivity index (χ2n) is 6.95. The van der Waals surface area contributed by atoms with Crippen LogP contribution in [0.4, 0.5) is 0 Å². The molecule has 0 spiro atoms. The molecule has 0 amide bonds. The first kappa shape index (κ1) is 21.5. The van der Waals surface area contributed by atoms with Gasteiger partial charge in [0.05, 0.1) is 0 Å². The van der Waals surface area contributed by atoms with Crippen LogP contribution in [0.25, 0.3) is 0 Å². The van der Waals surface area contributed by atoms with Crippen LogP contribution in [0.1, 0.15) is 92.4 Å². The summed E-state index contributed by atoms with van der Waals surface area (Å²) in [7, 11) is 0. The normalized spacial score (nSPS) is 14.0. The molecule has 0 unspecified atom stereocenters. The quantitative estimate of drug-likeness (QED) is 0.205. The summed E-state index contributed by atoms with van der Waals surface area (Å²) in [6.45, 7) is 11.7. The summed E-state index contributed by atoms with van der Waals surface area (Å²) < 4.78 is 5.99. The van der Waals surface area contributed by atoms with E-state index < -0.39 is 18.4 Å². The number of allylic oxidation sites excluding steroid dienone is 2. The minimum atomic E-state index is -2.01. The van der Waals surface area contributed by atoms with Gasteiger partial charge < -0.3 is 0 Å². The zero-order valence-corrected chi connectivity index (χ0v) is 18.6. The maximum atomic E-state index is 2.65. The predicted octanol–water partition coefficient (Wildman–Crippen LogP) is 7.97. The van der Waals surface area contributed by atoms with Crippen molar-refractivity contribution in [2.75, 3.05) is 0 Å². The molecule has 126 valence electrons. The molecule has 1 heteroatoms. The molecule has 0 rings (SSSR count). The third-order valence-corrected chi connectivity index (χ3v) is 22.6. The summed E-state index contributed by atoms with van der Waals surface area (Å²) in [5, 5.41) is 0. The van der Waals surface area contributed by atoms with Crippen molar-refractivity contribution >= 4 is 18.4 Å². The molecular weight excluding hydrogens is 359 g/mol. The van der Waals surface area contributed by atoms with Gasteiger partial charge in [-0.2, -0.15) is 0 Å². The van der Waals surface area contributed by atoms with Crippen LogP contribution >= 0.6 is 0 Å². The second kappa shape index (κ2) is 14.2. The van der Waals surface area contributed by atoms with Crippen molar-refractivity contribution in [2.45, 2.75) is 110 Å². The van der Waals surface area contributed by atoms with E-state index in [4.69, 9.17) is 0 Å². The Hall–Kier alpha value is 0.539. The molecular formula is C20H42Sn. The summed E-state index contributed by atoms with van der Waals surface area (Å²) >= 11 is -2.01. The fourth-order valence-electron chi connectivity index (χ4n) is 3.78. The van der Waals surface area contributed by atoms with Crippen LogP contribution in [0.15, 0.2) is 12.2 Å². The molecule has 0 bridgehead atoms. The van der Waals surface area contributed by atoms with Gasteiger partial charge in [0.25, 0.3) is 0 Å². The molecule has 0 aromatic heterocycles. The van der Waals surface area contributed by atoms with Crippen molar-refractivity contribution in [1.29, 1.82) is 0 Å². The predicted molar refractivity (Wildman–Crippen MR) is 103 cm³/mol. The second-order valence-corrected chi connectivity index (χ2v) is 21.1. The van der Waals surface area contributed by atoms with Gasteiger partial charge in [0.2, 0.25) is 0 Å². The van der Waals surface area contributed by atoms with Crippen LogP contribution in [0.5, 0.6) is 0 Å². The Morgan fingerprint density at radius 2 is 1.14 bits per heavy atom. The number of rotatable bonds is 14. The first-order valence-electron chi connectivity index (χ1n) is 9.83. The van der Waals surface area contributed by atoms with Crippen molar-refractivity contribution < 1.29 is 0 Å². The SMILES string of the molecule is C/C=C\[C@@H](CCCC)[Sn]([CH2]CCC)([CH2]CCC)[CH2]CCC. The molecule has 0 radical (unpaired) electrons. The molecule has 0 heterocycles. The Labute approximate surface area is 140 Å². The molecule has 0 saturated heterocycles. The van der Waals surface area contributed by atoms with Gasteiger partial charge in [-0.3, -0.25) is 0 Å². The molecule has 21 heavy (non-hydrogen) atoms. The van der Waals surface area contributed by atoms with E-state index in [1.54, 1.807) is 13.3 Å². The van der Waals surface area contributed by atoms with Gasteiger partial charge in [-0.25, -0.2) is 0 Å². The van der Waals surface area contributed by atoms with Gasteiger partial charge in [0.1, 0.15) is 0 Å². The molecule has 0 nitrogen and oxygen atoms in total. The van der Waals surface area contributed by atoms with E-state index in [1.165, 1.54) is 57.8 Å². The van der Waals surface area contributed by atoms with Gasteiger partial charge in [-0.05, 0) is 0 Å². The van der Waals surface area contributed by atoms with Crippen molar-refractivity contribution in [2.24, 2.45) is 0 Å². The maximum absolute atomic E-state index is 2.65. The summed E-state index contributed by atoms with van der Waals surface area (Å²) in [6.07, 6.45) is 18.0. The fourth-order valence-corrected chi connectivity index (χ4v) is 22.2. The van der Waals surface area contributed by atoms with Gasteiger partial charge >= 0.3 is 140 Å². The molecule has 0 saturated carbocycles. The Kier molecular flexibility index (Phi) is 14.5. The van der Waals surface area contributed by atoms with E-state index >= 15 is 0 Å². The van der Waals surface area contributed by atoms with Crippen molar-refractivity contribution in [3.8, 4) is 0 Å². The van der Waals surface area contributed by atoms with Gasteiger partial charge in [-0.1, -0.05) is 0 Å². The van der Waals surface area contributed by atoms with E-state index in [9.17, 15) is 0 Å². The van der Waals surface area contributed by atoms with Crippen LogP contribution in [0.3, 0.4) is 0 Å². The van der Waals surface area contributed by atoms with Crippen LogP contribution in [-0.4, -0.2) is 18.4 Å². The Morgan fingerprint density at radius 1 is 0.714 bits per heavy atom. The summed E-state index contributed by atoms with van der Waals surface area (Å²) in [6, 6.07) is 0. The van der Waals surface area contributed by atoms with Crippen LogP contribution in [-0.2, 0) is 0 Å². The van der Waals surface area contributed by atoms with Crippen molar-refractivity contribution in [1.82, 2.24) is 0 Å². The van der Waals surface area contributed by atoms with Crippen LogP contribution in [0.2, 0.25) is 17.2 Å². The molecule has 0 N–H and O–H groups in total. The number of hydrogen-bond acceptors (Lipinski definition) is 0. The first-order chi connectivity index (χ1) is 10.2. The van der Waals surface area contributed by atoms with E-state index in [0.29, 0.717) is 0 Å².